The Bertz CT molecular complexity index is 516. The van der Waals surface area contributed by atoms with Gasteiger partial charge in [-0.2, -0.15) is 5.26 Å². The first kappa shape index (κ1) is 13.7. The maximum atomic E-state index is 11.0. The Hall–Kier alpha value is -1.73. The lowest BCUT2D eigenvalue weighted by Gasteiger charge is -2.34. The molecule has 0 bridgehead atoms. The molecule has 19 heavy (non-hydrogen) atoms. The summed E-state index contributed by atoms with van der Waals surface area (Å²) in [6, 6.07) is 7.91. The zero-order valence-electron chi connectivity index (χ0n) is 10.8. The largest absolute Gasteiger partial charge is 0.370 e. The highest BCUT2D eigenvalue weighted by Crippen LogP contribution is 2.28. The molecule has 1 aromatic rings. The molecule has 5 heteroatoms. The van der Waals surface area contributed by atoms with Gasteiger partial charge in [-0.25, -0.2) is 0 Å². The number of rotatable bonds is 2. The summed E-state index contributed by atoms with van der Waals surface area (Å²) >= 11 is 6.04. The van der Waals surface area contributed by atoms with Gasteiger partial charge in [-0.15, -0.1) is 0 Å². The number of nitriles is 1. The van der Waals surface area contributed by atoms with Crippen molar-refractivity contribution in [2.45, 2.75) is 25.8 Å². The third kappa shape index (κ3) is 3.18. The van der Waals surface area contributed by atoms with Crippen LogP contribution in [0.2, 0.25) is 5.02 Å². The predicted molar refractivity (Wildman–Crippen MR) is 75.2 cm³/mol. The normalized spacial score (nSPS) is 15.9. The highest BCUT2D eigenvalue weighted by Gasteiger charge is 2.22. The van der Waals surface area contributed by atoms with E-state index in [1.165, 1.54) is 6.92 Å². The maximum Gasteiger partial charge on any atom is 0.217 e. The third-order valence-electron chi connectivity index (χ3n) is 3.35. The van der Waals surface area contributed by atoms with E-state index < -0.39 is 0 Å². The highest BCUT2D eigenvalue weighted by atomic mass is 35.5. The number of benzene rings is 1. The van der Waals surface area contributed by atoms with Crippen LogP contribution in [-0.4, -0.2) is 25.0 Å². The Morgan fingerprint density at radius 1 is 1.47 bits per heavy atom. The van der Waals surface area contributed by atoms with Gasteiger partial charge in [0.05, 0.1) is 16.3 Å². The van der Waals surface area contributed by atoms with E-state index in [4.69, 9.17) is 11.6 Å². The van der Waals surface area contributed by atoms with Gasteiger partial charge >= 0.3 is 0 Å². The first-order valence-corrected chi connectivity index (χ1v) is 6.70. The monoisotopic (exact) mass is 277 g/mol. The second-order valence-electron chi connectivity index (χ2n) is 4.71. The van der Waals surface area contributed by atoms with Gasteiger partial charge in [-0.3, -0.25) is 4.79 Å². The molecule has 0 saturated carbocycles. The standard InChI is InChI=1S/C14H16ClN3O/c1-10(19)17-11-5-7-18(8-6-11)14-4-2-3-13(15)12(14)9-16/h2-4,11H,5-8H2,1H3,(H,17,19). The lowest BCUT2D eigenvalue weighted by atomic mass is 10.0. The number of hydrogen-bond donors (Lipinski definition) is 1. The van der Waals surface area contributed by atoms with E-state index in [1.54, 1.807) is 6.07 Å². The summed E-state index contributed by atoms with van der Waals surface area (Å²) in [5, 5.41) is 12.6. The summed E-state index contributed by atoms with van der Waals surface area (Å²) in [5.41, 5.74) is 1.42. The molecule has 0 atom stereocenters. The Balaban J connectivity index is 2.08. The maximum absolute atomic E-state index is 11.0. The Labute approximate surface area is 118 Å². The Morgan fingerprint density at radius 2 is 2.16 bits per heavy atom. The Morgan fingerprint density at radius 3 is 2.74 bits per heavy atom. The van der Waals surface area contributed by atoms with Crippen LogP contribution in [-0.2, 0) is 4.79 Å². The van der Waals surface area contributed by atoms with Crippen molar-refractivity contribution in [1.29, 1.82) is 5.26 Å². The average Bonchev–Trinajstić information content (AvgIpc) is 2.38. The minimum absolute atomic E-state index is 0.0129. The molecule has 1 aromatic carbocycles. The van der Waals surface area contributed by atoms with Crippen LogP contribution in [0.1, 0.15) is 25.3 Å². The number of hydrogen-bond acceptors (Lipinski definition) is 3. The van der Waals surface area contributed by atoms with Crippen molar-refractivity contribution in [3.8, 4) is 6.07 Å². The van der Waals surface area contributed by atoms with Crippen LogP contribution in [0.25, 0.3) is 0 Å². The van der Waals surface area contributed by atoms with Crippen LogP contribution in [0.4, 0.5) is 5.69 Å². The van der Waals surface area contributed by atoms with E-state index in [0.29, 0.717) is 10.6 Å². The van der Waals surface area contributed by atoms with Crippen molar-refractivity contribution in [3.63, 3.8) is 0 Å². The molecule has 1 amide bonds. The van der Waals surface area contributed by atoms with Crippen molar-refractivity contribution >= 4 is 23.2 Å². The van der Waals surface area contributed by atoms with Crippen LogP contribution in [0.3, 0.4) is 0 Å². The van der Waals surface area contributed by atoms with E-state index in [0.717, 1.165) is 31.6 Å². The quantitative estimate of drug-likeness (QED) is 0.903. The van der Waals surface area contributed by atoms with E-state index in [9.17, 15) is 10.1 Å². The summed E-state index contributed by atoms with van der Waals surface area (Å²) in [7, 11) is 0. The van der Waals surface area contributed by atoms with Gasteiger partial charge in [0.15, 0.2) is 0 Å². The summed E-state index contributed by atoms with van der Waals surface area (Å²) in [6.07, 6.45) is 1.77. The topological polar surface area (TPSA) is 56.1 Å². The van der Waals surface area contributed by atoms with E-state index in [2.05, 4.69) is 16.3 Å². The molecule has 1 heterocycles. The molecular weight excluding hydrogens is 262 g/mol. The summed E-state index contributed by atoms with van der Waals surface area (Å²) < 4.78 is 0. The van der Waals surface area contributed by atoms with E-state index in [-0.39, 0.29) is 11.9 Å². The SMILES string of the molecule is CC(=O)NC1CCN(c2cccc(Cl)c2C#N)CC1. The second kappa shape index (κ2) is 5.94. The number of carbonyl (C=O) groups is 1. The predicted octanol–water partition coefficient (Wildman–Crippen LogP) is 2.32. The van der Waals surface area contributed by atoms with Gasteiger partial charge < -0.3 is 10.2 Å². The van der Waals surface area contributed by atoms with Crippen LogP contribution < -0.4 is 10.2 Å². The van der Waals surface area contributed by atoms with Crippen molar-refractivity contribution in [2.75, 3.05) is 18.0 Å². The number of anilines is 1. The van der Waals surface area contributed by atoms with Gasteiger partial charge in [0.25, 0.3) is 0 Å². The minimum atomic E-state index is 0.0129. The molecule has 100 valence electrons. The first-order chi connectivity index (χ1) is 9.11. The number of carbonyl (C=O) groups excluding carboxylic acids is 1. The number of amides is 1. The minimum Gasteiger partial charge on any atom is -0.370 e. The molecule has 4 nitrogen and oxygen atoms in total. The van der Waals surface area contributed by atoms with Gasteiger partial charge in [-0.1, -0.05) is 17.7 Å². The lowest BCUT2D eigenvalue weighted by molar-refractivity contribution is -0.119. The fourth-order valence-electron chi connectivity index (χ4n) is 2.44. The fraction of sp³-hybridized carbons (Fsp3) is 0.429. The van der Waals surface area contributed by atoms with Crippen LogP contribution in [0.5, 0.6) is 0 Å². The summed E-state index contributed by atoms with van der Waals surface area (Å²) in [4.78, 5) is 13.2. The highest BCUT2D eigenvalue weighted by molar-refractivity contribution is 6.32. The van der Waals surface area contributed by atoms with E-state index >= 15 is 0 Å². The van der Waals surface area contributed by atoms with Crippen molar-refractivity contribution in [3.05, 3.63) is 28.8 Å². The van der Waals surface area contributed by atoms with Crippen LogP contribution >= 0.6 is 11.6 Å². The van der Waals surface area contributed by atoms with Crippen molar-refractivity contribution in [2.24, 2.45) is 0 Å². The summed E-state index contributed by atoms with van der Waals surface area (Å²) in [5.74, 6) is 0.0129. The van der Waals surface area contributed by atoms with Crippen LogP contribution in [0.15, 0.2) is 18.2 Å². The molecule has 0 aromatic heterocycles. The number of nitrogens with zero attached hydrogens (tertiary/aromatic N) is 2. The average molecular weight is 278 g/mol. The number of halogens is 1. The molecule has 0 spiro atoms. The first-order valence-electron chi connectivity index (χ1n) is 6.32. The van der Waals surface area contributed by atoms with Gasteiger partial charge in [0.1, 0.15) is 6.07 Å². The molecule has 0 unspecified atom stereocenters. The second-order valence-corrected chi connectivity index (χ2v) is 5.11. The van der Waals surface area contributed by atoms with Crippen molar-refractivity contribution in [1.82, 2.24) is 5.32 Å². The number of nitrogens with one attached hydrogen (secondary N) is 1. The zero-order chi connectivity index (χ0) is 13.8. The molecule has 1 aliphatic rings. The van der Waals surface area contributed by atoms with Gasteiger partial charge in [0, 0.05) is 26.1 Å². The molecule has 0 aliphatic carbocycles. The third-order valence-corrected chi connectivity index (χ3v) is 3.66. The zero-order valence-corrected chi connectivity index (χ0v) is 11.6. The van der Waals surface area contributed by atoms with Gasteiger partial charge in [-0.05, 0) is 25.0 Å². The fourth-order valence-corrected chi connectivity index (χ4v) is 2.65. The molecule has 1 N–H and O–H groups in total. The van der Waals surface area contributed by atoms with E-state index in [1.807, 2.05) is 12.1 Å². The molecule has 1 fully saturated rings. The van der Waals surface area contributed by atoms with Gasteiger partial charge in [0.2, 0.25) is 5.91 Å². The molecular formula is C14H16ClN3O. The summed E-state index contributed by atoms with van der Waals surface area (Å²) in [6.45, 7) is 3.18. The smallest absolute Gasteiger partial charge is 0.217 e. The number of piperidine rings is 1. The van der Waals surface area contributed by atoms with Crippen LogP contribution in [0, 0.1) is 11.3 Å². The molecule has 1 saturated heterocycles. The lowest BCUT2D eigenvalue weighted by Crippen LogP contribution is -2.44. The molecule has 0 radical (unpaired) electrons. The van der Waals surface area contributed by atoms with Crippen molar-refractivity contribution < 1.29 is 4.79 Å². The Kier molecular flexibility index (Phi) is 4.28. The molecule has 1 aliphatic heterocycles. The molecule has 2 rings (SSSR count).